The first kappa shape index (κ1) is 13.5. The molecule has 1 N–H and O–H groups in total. The molecule has 0 aromatic heterocycles. The van der Waals surface area contributed by atoms with E-state index in [2.05, 4.69) is 17.9 Å². The molecular weight excluding hydrogens is 200 g/mol. The molecule has 3 heteroatoms. The minimum Gasteiger partial charge on any atom is -0.389 e. The van der Waals surface area contributed by atoms with Gasteiger partial charge in [-0.25, -0.2) is 0 Å². The summed E-state index contributed by atoms with van der Waals surface area (Å²) in [6.07, 6.45) is 4.51. The smallest absolute Gasteiger partial charge is 0.0718 e. The van der Waals surface area contributed by atoms with Gasteiger partial charge in [0.15, 0.2) is 0 Å². The van der Waals surface area contributed by atoms with Crippen molar-refractivity contribution in [3.63, 3.8) is 0 Å². The highest BCUT2D eigenvalue weighted by Crippen LogP contribution is 2.28. The zero-order chi connectivity index (χ0) is 12.2. The third-order valence-corrected chi connectivity index (χ3v) is 3.36. The van der Waals surface area contributed by atoms with Crippen molar-refractivity contribution in [2.24, 2.45) is 5.92 Å². The molecule has 0 heterocycles. The first-order chi connectivity index (χ1) is 7.48. The van der Waals surface area contributed by atoms with Crippen LogP contribution in [0.15, 0.2) is 0 Å². The van der Waals surface area contributed by atoms with Crippen LogP contribution in [-0.4, -0.2) is 34.7 Å². The molecule has 0 radical (unpaired) electrons. The maximum absolute atomic E-state index is 9.88. The van der Waals surface area contributed by atoms with E-state index in [9.17, 15) is 5.11 Å². The number of hydrogen-bond acceptors (Lipinski definition) is 3. The molecule has 16 heavy (non-hydrogen) atoms. The Labute approximate surface area is 99.1 Å². The summed E-state index contributed by atoms with van der Waals surface area (Å²) < 4.78 is 0. The van der Waals surface area contributed by atoms with Crippen molar-refractivity contribution in [3.05, 3.63) is 0 Å². The lowest BCUT2D eigenvalue weighted by molar-refractivity contribution is 0.00900. The van der Waals surface area contributed by atoms with E-state index < -0.39 is 5.60 Å². The van der Waals surface area contributed by atoms with E-state index in [0.29, 0.717) is 12.6 Å². The summed E-state index contributed by atoms with van der Waals surface area (Å²) >= 11 is 0. The molecule has 3 nitrogen and oxygen atoms in total. The average molecular weight is 224 g/mol. The van der Waals surface area contributed by atoms with Gasteiger partial charge in [-0.15, -0.1) is 0 Å². The van der Waals surface area contributed by atoms with Crippen LogP contribution in [-0.2, 0) is 0 Å². The molecule has 0 amide bonds. The van der Waals surface area contributed by atoms with E-state index in [1.54, 1.807) is 0 Å². The topological polar surface area (TPSA) is 47.3 Å². The largest absolute Gasteiger partial charge is 0.389 e. The molecule has 2 unspecified atom stereocenters. The number of rotatable bonds is 4. The van der Waals surface area contributed by atoms with E-state index in [0.717, 1.165) is 19.4 Å². The molecule has 1 aliphatic carbocycles. The normalized spacial score (nSPS) is 26.8. The lowest BCUT2D eigenvalue weighted by atomic mass is 9.84. The van der Waals surface area contributed by atoms with Crippen molar-refractivity contribution in [1.82, 2.24) is 4.90 Å². The molecule has 2 atom stereocenters. The van der Waals surface area contributed by atoms with E-state index in [1.807, 2.05) is 13.8 Å². The number of nitriles is 1. The fraction of sp³-hybridized carbons (Fsp3) is 0.923. The molecule has 0 aromatic carbocycles. The highest BCUT2D eigenvalue weighted by atomic mass is 16.3. The molecule has 1 fully saturated rings. The second-order valence-corrected chi connectivity index (χ2v) is 5.46. The van der Waals surface area contributed by atoms with Gasteiger partial charge < -0.3 is 5.11 Å². The summed E-state index contributed by atoms with van der Waals surface area (Å²) in [4.78, 5) is 2.27. The first-order valence-corrected chi connectivity index (χ1v) is 6.34. The second kappa shape index (κ2) is 5.65. The van der Waals surface area contributed by atoms with Crippen LogP contribution in [0.25, 0.3) is 0 Å². The summed E-state index contributed by atoms with van der Waals surface area (Å²) in [6.45, 7) is 7.34. The van der Waals surface area contributed by atoms with E-state index in [4.69, 9.17) is 5.26 Å². The van der Waals surface area contributed by atoms with Crippen LogP contribution in [0.2, 0.25) is 0 Å². The van der Waals surface area contributed by atoms with E-state index in [1.165, 1.54) is 12.8 Å². The highest BCUT2D eigenvalue weighted by Gasteiger charge is 2.31. The fourth-order valence-corrected chi connectivity index (χ4v) is 2.66. The monoisotopic (exact) mass is 224 g/mol. The summed E-state index contributed by atoms with van der Waals surface area (Å²) in [5.41, 5.74) is -0.673. The molecule has 0 aliphatic heterocycles. The Kier molecular flexibility index (Phi) is 4.76. The van der Waals surface area contributed by atoms with Gasteiger partial charge in [0.1, 0.15) is 0 Å². The third-order valence-electron chi connectivity index (χ3n) is 3.36. The summed E-state index contributed by atoms with van der Waals surface area (Å²) in [6, 6.07) is 2.77. The number of hydrogen-bond donors (Lipinski definition) is 1. The van der Waals surface area contributed by atoms with Crippen molar-refractivity contribution in [1.29, 1.82) is 5.26 Å². The molecule has 1 rings (SSSR count). The minimum atomic E-state index is -0.673. The lowest BCUT2D eigenvalue weighted by Crippen LogP contribution is -2.48. The van der Waals surface area contributed by atoms with E-state index in [-0.39, 0.29) is 5.92 Å². The Hall–Kier alpha value is -0.590. The Bertz CT molecular complexity index is 252. The number of likely N-dealkylation sites (N-methyl/N-ethyl adjacent to an activating group) is 1. The van der Waals surface area contributed by atoms with Crippen molar-refractivity contribution in [2.45, 2.75) is 58.1 Å². The van der Waals surface area contributed by atoms with Gasteiger partial charge in [0.2, 0.25) is 0 Å². The minimum absolute atomic E-state index is 0.149. The zero-order valence-electron chi connectivity index (χ0n) is 10.7. The fourth-order valence-electron chi connectivity index (χ4n) is 2.66. The zero-order valence-corrected chi connectivity index (χ0v) is 10.7. The van der Waals surface area contributed by atoms with Crippen LogP contribution < -0.4 is 0 Å². The first-order valence-electron chi connectivity index (χ1n) is 6.34. The summed E-state index contributed by atoms with van der Waals surface area (Å²) in [5, 5.41) is 19.0. The maximum Gasteiger partial charge on any atom is 0.0718 e. The van der Waals surface area contributed by atoms with Crippen LogP contribution in [0, 0.1) is 17.2 Å². The summed E-state index contributed by atoms with van der Waals surface area (Å²) in [5.74, 6) is 0.149. The molecular formula is C13H24N2O. The van der Waals surface area contributed by atoms with Gasteiger partial charge in [0.05, 0.1) is 17.6 Å². The molecule has 1 aliphatic rings. The van der Waals surface area contributed by atoms with Crippen LogP contribution in [0.3, 0.4) is 0 Å². The molecule has 0 aromatic rings. The molecule has 92 valence electrons. The van der Waals surface area contributed by atoms with Crippen LogP contribution in [0.4, 0.5) is 0 Å². The highest BCUT2D eigenvalue weighted by molar-refractivity contribution is 4.96. The Balaban J connectivity index is 2.66. The van der Waals surface area contributed by atoms with Gasteiger partial charge in [0.25, 0.3) is 0 Å². The van der Waals surface area contributed by atoms with Crippen LogP contribution >= 0.6 is 0 Å². The Morgan fingerprint density at radius 3 is 2.50 bits per heavy atom. The molecule has 0 saturated heterocycles. The molecule has 1 saturated carbocycles. The molecule has 0 bridgehead atoms. The number of nitrogens with zero attached hydrogens (tertiary/aromatic N) is 2. The van der Waals surface area contributed by atoms with Gasteiger partial charge in [-0.2, -0.15) is 5.26 Å². The van der Waals surface area contributed by atoms with Crippen molar-refractivity contribution < 1.29 is 5.11 Å². The van der Waals surface area contributed by atoms with Gasteiger partial charge in [-0.05, 0) is 33.2 Å². The average Bonchev–Trinajstić information content (AvgIpc) is 2.24. The van der Waals surface area contributed by atoms with Gasteiger partial charge in [-0.1, -0.05) is 19.8 Å². The second-order valence-electron chi connectivity index (χ2n) is 5.46. The lowest BCUT2D eigenvalue weighted by Gasteiger charge is -2.39. The SMILES string of the molecule is CCN(CC(C)(C)O)C1CCCCC1C#N. The Morgan fingerprint density at radius 2 is 2.00 bits per heavy atom. The third kappa shape index (κ3) is 3.77. The summed E-state index contributed by atoms with van der Waals surface area (Å²) in [7, 11) is 0. The maximum atomic E-state index is 9.88. The standard InChI is InChI=1S/C13H24N2O/c1-4-15(10-13(2,3)16)12-8-6-5-7-11(12)9-14/h11-12,16H,4-8,10H2,1-3H3. The van der Waals surface area contributed by atoms with E-state index >= 15 is 0 Å². The van der Waals surface area contributed by atoms with Crippen molar-refractivity contribution in [2.75, 3.05) is 13.1 Å². The predicted molar refractivity (Wildman–Crippen MR) is 64.9 cm³/mol. The van der Waals surface area contributed by atoms with Gasteiger partial charge >= 0.3 is 0 Å². The predicted octanol–water partition coefficient (Wildman–Crippen LogP) is 2.16. The number of aliphatic hydroxyl groups is 1. The van der Waals surface area contributed by atoms with Crippen molar-refractivity contribution in [3.8, 4) is 6.07 Å². The molecule has 0 spiro atoms. The Morgan fingerprint density at radius 1 is 1.38 bits per heavy atom. The van der Waals surface area contributed by atoms with Crippen LogP contribution in [0.1, 0.15) is 46.5 Å². The van der Waals surface area contributed by atoms with Gasteiger partial charge in [-0.3, -0.25) is 4.90 Å². The van der Waals surface area contributed by atoms with Crippen molar-refractivity contribution >= 4 is 0 Å². The van der Waals surface area contributed by atoms with Crippen LogP contribution in [0.5, 0.6) is 0 Å². The quantitative estimate of drug-likeness (QED) is 0.796. The van der Waals surface area contributed by atoms with Gasteiger partial charge in [0, 0.05) is 12.6 Å².